The molecule has 2 unspecified atom stereocenters. The van der Waals surface area contributed by atoms with Gasteiger partial charge in [0.05, 0.1) is 0 Å². The van der Waals surface area contributed by atoms with Crippen molar-refractivity contribution in [1.29, 1.82) is 0 Å². The van der Waals surface area contributed by atoms with Crippen molar-refractivity contribution < 1.29 is 45.8 Å². The van der Waals surface area contributed by atoms with Crippen LogP contribution in [0.15, 0.2) is 0 Å². The molecule has 67 valence electrons. The van der Waals surface area contributed by atoms with Crippen LogP contribution < -0.4 is 14.7 Å². The van der Waals surface area contributed by atoms with Gasteiger partial charge in [-0.05, 0) is 7.60 Å². The van der Waals surface area contributed by atoms with Crippen LogP contribution in [0.3, 0.4) is 0 Å². The van der Waals surface area contributed by atoms with Crippen molar-refractivity contribution in [3.63, 3.8) is 0 Å². The zero-order valence-corrected chi connectivity index (χ0v) is 8.34. The summed E-state index contributed by atoms with van der Waals surface area (Å²) in [6.45, 7) is 0. The minimum atomic E-state index is -5.44. The van der Waals surface area contributed by atoms with Gasteiger partial charge in [-0.1, -0.05) is 0 Å². The van der Waals surface area contributed by atoms with E-state index in [-0.39, 0.29) is 17.1 Å². The van der Waals surface area contributed by atoms with Gasteiger partial charge in [0.25, 0.3) is 0 Å². The summed E-state index contributed by atoms with van der Waals surface area (Å²) in [5.74, 6) is 0. The Balaban J connectivity index is 0. The average Bonchev–Trinajstić information content (AvgIpc) is 1.59. The first-order valence-corrected chi connectivity index (χ1v) is 5.54. The topological polar surface area (TPSA) is 124 Å². The Morgan fingerprint density at radius 1 is 1.27 bits per heavy atom. The van der Waals surface area contributed by atoms with Crippen LogP contribution in [0.1, 0.15) is 0 Å². The molecule has 0 rings (SSSR count). The van der Waals surface area contributed by atoms with E-state index in [0.29, 0.717) is 0 Å². The Morgan fingerprint density at radius 2 is 1.55 bits per heavy atom. The Hall–Kier alpha value is 1.11. The van der Waals surface area contributed by atoms with E-state index in [4.69, 9.17) is 4.89 Å². The number of hydrogen-bond acceptors (Lipinski definition) is 5. The third-order valence-electron chi connectivity index (χ3n) is 0.530. The van der Waals surface area contributed by atoms with Gasteiger partial charge in [-0.2, -0.15) is 0 Å². The van der Waals surface area contributed by atoms with Crippen molar-refractivity contribution in [3.05, 3.63) is 0 Å². The van der Waals surface area contributed by atoms with Crippen LogP contribution in [0.2, 0.25) is 0 Å². The van der Waals surface area contributed by atoms with Crippen LogP contribution in [0.5, 0.6) is 0 Å². The Bertz CT molecular complexity index is 183. The van der Waals surface area contributed by atoms with Gasteiger partial charge in [0.2, 0.25) is 0 Å². The first kappa shape index (κ1) is 14.6. The molecular formula is CH2ClFeO6P2. The van der Waals surface area contributed by atoms with Gasteiger partial charge >= 0.3 is 17.1 Å². The van der Waals surface area contributed by atoms with Gasteiger partial charge in [-0.3, -0.25) is 0 Å². The van der Waals surface area contributed by atoms with Gasteiger partial charge in [0.15, 0.2) is 7.60 Å². The fraction of sp³-hybridized carbons (Fsp3) is 1.00. The second kappa shape index (κ2) is 4.38. The zero-order chi connectivity index (χ0) is 8.58. The van der Waals surface area contributed by atoms with Gasteiger partial charge in [-0.25, -0.2) is 0 Å². The van der Waals surface area contributed by atoms with Crippen LogP contribution in [0.25, 0.3) is 0 Å². The fourth-order valence-electron chi connectivity index (χ4n) is 0.179. The molecule has 0 aliphatic rings. The molecule has 0 aliphatic heterocycles. The van der Waals surface area contributed by atoms with Gasteiger partial charge in [-0.15, -0.1) is 11.6 Å². The summed E-state index contributed by atoms with van der Waals surface area (Å²) >= 11 is 4.52. The Morgan fingerprint density at radius 3 is 1.55 bits per heavy atom. The minimum Gasteiger partial charge on any atom is -0.809 e. The zero-order valence-electron chi connectivity index (χ0n) is 4.69. The number of alkyl halides is 1. The molecule has 0 aromatic rings. The monoisotopic (exact) mass is 263 g/mol. The molecule has 10 heteroatoms. The standard InChI is InChI=1S/CH5ClO6P2.Fe/c2-1(9(3,4)5)10(6,7)8;/h1H,(H2,3,4,5)(H2,6,7,8);/q;+3/p-3. The molecule has 0 saturated carbocycles. The first-order valence-electron chi connectivity index (χ1n) is 1.85. The molecule has 0 aromatic carbocycles. The molecule has 0 bridgehead atoms. The molecular weight excluding hydrogens is 261 g/mol. The van der Waals surface area contributed by atoms with Gasteiger partial charge in [0, 0.05) is 0 Å². The summed E-state index contributed by atoms with van der Waals surface area (Å²) in [6, 6.07) is 0. The second-order valence-electron chi connectivity index (χ2n) is 1.41. The molecule has 2 atom stereocenters. The molecule has 0 heterocycles. The minimum absolute atomic E-state index is 0. The predicted octanol–water partition coefficient (Wildman–Crippen LogP) is -2.03. The van der Waals surface area contributed by atoms with E-state index >= 15 is 0 Å². The summed E-state index contributed by atoms with van der Waals surface area (Å²) < 4.78 is 19.6. The summed E-state index contributed by atoms with van der Waals surface area (Å²) in [4.78, 5) is 34.6. The van der Waals surface area contributed by atoms with E-state index in [1.807, 2.05) is 0 Å². The second-order valence-corrected chi connectivity index (χ2v) is 6.11. The maximum atomic E-state index is 9.86. The van der Waals surface area contributed by atoms with E-state index in [9.17, 15) is 23.8 Å². The Kier molecular flexibility index (Phi) is 5.82. The van der Waals surface area contributed by atoms with E-state index in [1.165, 1.54) is 0 Å². The summed E-state index contributed by atoms with van der Waals surface area (Å²) in [6.07, 6.45) is 0. The van der Waals surface area contributed by atoms with Crippen LogP contribution in [-0.2, 0) is 26.2 Å². The van der Waals surface area contributed by atoms with Crippen molar-refractivity contribution in [2.45, 2.75) is 4.86 Å². The van der Waals surface area contributed by atoms with Crippen LogP contribution in [-0.4, -0.2) is 9.75 Å². The summed E-state index contributed by atoms with van der Waals surface area (Å²) in [7, 11) is -10.7. The van der Waals surface area contributed by atoms with E-state index in [1.54, 1.807) is 0 Å². The van der Waals surface area contributed by atoms with Crippen LogP contribution in [0, 0.1) is 0 Å². The molecule has 0 aliphatic carbocycles. The third kappa shape index (κ3) is 5.36. The summed E-state index contributed by atoms with van der Waals surface area (Å²) in [5.41, 5.74) is 0. The largest absolute Gasteiger partial charge is 3.00 e. The average molecular weight is 263 g/mol. The van der Waals surface area contributed by atoms with E-state index in [2.05, 4.69) is 11.6 Å². The smallest absolute Gasteiger partial charge is 0.809 e. The molecule has 0 spiro atoms. The quantitative estimate of drug-likeness (QED) is 0.348. The normalized spacial score (nSPS) is 19.7. The SMILES string of the molecule is O=P([O-])([O-])C(Cl)P(=O)([O-])O.[Fe+3]. The van der Waals surface area contributed by atoms with Gasteiger partial charge in [0.1, 0.15) is 4.86 Å². The first-order chi connectivity index (χ1) is 4.15. The number of hydrogen-bond donors (Lipinski definition) is 1. The van der Waals surface area contributed by atoms with Crippen molar-refractivity contribution in [3.8, 4) is 0 Å². The predicted molar refractivity (Wildman–Crippen MR) is 27.1 cm³/mol. The molecule has 0 aromatic heterocycles. The van der Waals surface area contributed by atoms with E-state index < -0.39 is 20.1 Å². The molecule has 1 N–H and O–H groups in total. The molecule has 11 heavy (non-hydrogen) atoms. The van der Waals surface area contributed by atoms with Crippen molar-refractivity contribution >= 4 is 26.8 Å². The van der Waals surface area contributed by atoms with E-state index in [0.717, 1.165) is 0 Å². The molecule has 6 nitrogen and oxygen atoms in total. The Labute approximate surface area is 77.7 Å². The van der Waals surface area contributed by atoms with Crippen molar-refractivity contribution in [2.24, 2.45) is 0 Å². The molecule has 0 fully saturated rings. The van der Waals surface area contributed by atoms with Gasteiger partial charge < -0.3 is 28.7 Å². The number of halogens is 1. The molecule has 0 amide bonds. The molecule has 0 saturated heterocycles. The van der Waals surface area contributed by atoms with Crippen molar-refractivity contribution in [2.75, 3.05) is 0 Å². The molecule has 1 radical (unpaired) electrons. The maximum Gasteiger partial charge on any atom is 3.00 e. The summed E-state index contributed by atoms with van der Waals surface area (Å²) in [5, 5.41) is 0. The maximum absolute atomic E-state index is 9.86. The fourth-order valence-corrected chi connectivity index (χ4v) is 1.61. The van der Waals surface area contributed by atoms with Crippen LogP contribution >= 0.6 is 26.8 Å². The third-order valence-corrected chi connectivity index (χ3v) is 4.77. The number of rotatable bonds is 2. The van der Waals surface area contributed by atoms with Crippen molar-refractivity contribution in [1.82, 2.24) is 0 Å². The van der Waals surface area contributed by atoms with Crippen LogP contribution in [0.4, 0.5) is 0 Å².